The second-order valence-electron chi connectivity index (χ2n) is 3.01. The Balaban J connectivity index is 2.20. The summed E-state index contributed by atoms with van der Waals surface area (Å²) in [6.07, 6.45) is 0. The monoisotopic (exact) mass is 284 g/mol. The normalized spacial score (nSPS) is 39.0. The Kier molecular flexibility index (Phi) is 2.96. The number of thioether (sulfide) groups is 2. The number of hydrogen-bond donors (Lipinski definition) is 0. The molecule has 2 aliphatic rings. The van der Waals surface area contributed by atoms with Crippen molar-refractivity contribution < 1.29 is 14.0 Å². The van der Waals surface area contributed by atoms with Crippen LogP contribution < -0.4 is 0 Å². The molecule has 6 heteroatoms. The zero-order chi connectivity index (χ0) is 9.47. The first-order chi connectivity index (χ1) is 6.12. The highest BCUT2D eigenvalue weighted by atomic mass is 79.9. The van der Waals surface area contributed by atoms with E-state index in [-0.39, 0.29) is 9.28 Å². The van der Waals surface area contributed by atoms with Gasteiger partial charge in [-0.15, -0.1) is 0 Å². The molecule has 0 spiro atoms. The third kappa shape index (κ3) is 1.92. The summed E-state index contributed by atoms with van der Waals surface area (Å²) in [5.41, 5.74) is 0.0728. The quantitative estimate of drug-likeness (QED) is 0.497. The van der Waals surface area contributed by atoms with Gasteiger partial charge in [-0.25, -0.2) is 4.58 Å². The summed E-state index contributed by atoms with van der Waals surface area (Å²) >= 11 is 6.97. The summed E-state index contributed by atoms with van der Waals surface area (Å²) in [6.45, 7) is 1.35. The zero-order valence-corrected chi connectivity index (χ0v) is 10.7. The molecule has 74 valence electrons. The number of rotatable bonds is 0. The second-order valence-corrected chi connectivity index (χ2v) is 7.22. The van der Waals surface area contributed by atoms with Crippen molar-refractivity contribution in [1.82, 2.24) is 0 Å². The number of fused-ring (bicyclic) bond motifs is 1. The van der Waals surface area contributed by atoms with Gasteiger partial charge in [-0.3, -0.25) is 0 Å². The third-order valence-corrected chi connectivity index (χ3v) is 6.25. The summed E-state index contributed by atoms with van der Waals surface area (Å²) in [5.74, 6) is 0. The number of ether oxygens (including phenoxy) is 2. The number of alkyl halides is 1. The minimum Gasteiger partial charge on any atom is -0.360 e. The summed E-state index contributed by atoms with van der Waals surface area (Å²) < 4.78 is 14.2. The molecule has 2 saturated heterocycles. The zero-order valence-electron chi connectivity index (χ0n) is 7.45. The van der Waals surface area contributed by atoms with Gasteiger partial charge in [-0.05, 0) is 27.7 Å². The number of hydrogen-bond acceptors (Lipinski definition) is 4. The van der Waals surface area contributed by atoms with Crippen LogP contribution in [-0.2, 0) is 9.47 Å². The van der Waals surface area contributed by atoms with Gasteiger partial charge in [0.1, 0.15) is 14.1 Å². The van der Waals surface area contributed by atoms with Gasteiger partial charge in [0.2, 0.25) is 3.84 Å². The topological polar surface area (TPSA) is 21.5 Å². The Bertz CT molecular complexity index is 257. The fourth-order valence-electron chi connectivity index (χ4n) is 1.12. The molecule has 0 bridgehead atoms. The molecule has 13 heavy (non-hydrogen) atoms. The Morgan fingerprint density at radius 3 is 2.92 bits per heavy atom. The average molecular weight is 285 g/mol. The summed E-state index contributed by atoms with van der Waals surface area (Å²) in [4.78, 5) is 0. The van der Waals surface area contributed by atoms with Crippen molar-refractivity contribution in [3.63, 3.8) is 0 Å². The summed E-state index contributed by atoms with van der Waals surface area (Å²) in [6, 6.07) is 0. The lowest BCUT2D eigenvalue weighted by Crippen LogP contribution is -2.38. The van der Waals surface area contributed by atoms with Crippen LogP contribution >= 0.6 is 39.5 Å². The molecule has 3 nitrogen and oxygen atoms in total. The molecule has 0 radical (unpaired) electrons. The van der Waals surface area contributed by atoms with Gasteiger partial charge in [0.25, 0.3) is 4.38 Å². The van der Waals surface area contributed by atoms with Crippen LogP contribution in [-0.4, -0.2) is 45.5 Å². The second kappa shape index (κ2) is 3.73. The van der Waals surface area contributed by atoms with Crippen molar-refractivity contribution in [2.45, 2.75) is 9.28 Å². The van der Waals surface area contributed by atoms with Gasteiger partial charge in [-0.2, -0.15) is 0 Å². The van der Waals surface area contributed by atoms with E-state index >= 15 is 0 Å². The van der Waals surface area contributed by atoms with Crippen molar-refractivity contribution in [2.24, 2.45) is 0 Å². The SMILES string of the molecule is C[N+](C)=C1SC2OCCOC2(Br)S1. The van der Waals surface area contributed by atoms with Crippen LogP contribution in [0.15, 0.2) is 0 Å². The molecule has 2 heterocycles. The standard InChI is InChI=1S/C7H11BrNO2S2/c1-9(2)6-12-5-7(8,13-6)11-4-3-10-5/h5H,3-4H2,1-2H3/q+1. The number of halogens is 1. The van der Waals surface area contributed by atoms with E-state index in [1.54, 1.807) is 23.5 Å². The van der Waals surface area contributed by atoms with Gasteiger partial charge in [0.05, 0.1) is 13.2 Å². The van der Waals surface area contributed by atoms with Crippen LogP contribution in [0.25, 0.3) is 0 Å². The molecule has 2 unspecified atom stereocenters. The van der Waals surface area contributed by atoms with Crippen molar-refractivity contribution in [1.29, 1.82) is 0 Å². The maximum Gasteiger partial charge on any atom is 0.276 e. The third-order valence-electron chi connectivity index (χ3n) is 1.73. The summed E-state index contributed by atoms with van der Waals surface area (Å²) in [7, 11) is 4.06. The van der Waals surface area contributed by atoms with Crippen molar-refractivity contribution in [3.05, 3.63) is 0 Å². The van der Waals surface area contributed by atoms with Gasteiger partial charge >= 0.3 is 0 Å². The van der Waals surface area contributed by atoms with Crippen molar-refractivity contribution in [3.8, 4) is 0 Å². The fraction of sp³-hybridized carbons (Fsp3) is 0.857. The molecular weight excluding hydrogens is 274 g/mol. The van der Waals surface area contributed by atoms with Crippen LogP contribution in [0.2, 0.25) is 0 Å². The summed E-state index contributed by atoms with van der Waals surface area (Å²) in [5, 5.41) is 0. The van der Waals surface area contributed by atoms with Crippen molar-refractivity contribution in [2.75, 3.05) is 27.3 Å². The first-order valence-electron chi connectivity index (χ1n) is 3.96. The van der Waals surface area contributed by atoms with Gasteiger partial charge in [-0.1, -0.05) is 0 Å². The van der Waals surface area contributed by atoms with E-state index in [0.29, 0.717) is 13.2 Å². The van der Waals surface area contributed by atoms with Crippen LogP contribution in [0, 0.1) is 0 Å². The maximum absolute atomic E-state index is 5.66. The Hall–Kier alpha value is 0.770. The molecular formula is C7H11BrNO2S2+. The molecule has 0 aliphatic carbocycles. The average Bonchev–Trinajstić information content (AvgIpc) is 2.41. The van der Waals surface area contributed by atoms with E-state index in [1.165, 1.54) is 4.38 Å². The van der Waals surface area contributed by atoms with Crippen LogP contribution in [0.3, 0.4) is 0 Å². The Morgan fingerprint density at radius 1 is 1.54 bits per heavy atom. The Morgan fingerprint density at radius 2 is 2.31 bits per heavy atom. The van der Waals surface area contributed by atoms with E-state index in [0.717, 1.165) is 0 Å². The van der Waals surface area contributed by atoms with Gasteiger partial charge < -0.3 is 9.47 Å². The van der Waals surface area contributed by atoms with Crippen LogP contribution in [0.5, 0.6) is 0 Å². The van der Waals surface area contributed by atoms with E-state index in [9.17, 15) is 0 Å². The van der Waals surface area contributed by atoms with Crippen molar-refractivity contribution >= 4 is 43.8 Å². The number of nitrogens with zero attached hydrogens (tertiary/aromatic N) is 1. The van der Waals surface area contributed by atoms with E-state index in [4.69, 9.17) is 9.47 Å². The first kappa shape index (κ1) is 10.3. The molecule has 2 rings (SSSR count). The maximum atomic E-state index is 5.66. The Labute approximate surface area is 94.4 Å². The van der Waals surface area contributed by atoms with E-state index < -0.39 is 0 Å². The van der Waals surface area contributed by atoms with Crippen LogP contribution in [0.1, 0.15) is 0 Å². The first-order valence-corrected chi connectivity index (χ1v) is 6.45. The lowest BCUT2D eigenvalue weighted by Gasteiger charge is -2.30. The molecule has 0 amide bonds. The van der Waals surface area contributed by atoms with E-state index in [2.05, 4.69) is 20.5 Å². The molecule has 0 N–H and O–H groups in total. The molecule has 2 atom stereocenters. The lowest BCUT2D eigenvalue weighted by molar-refractivity contribution is -0.458. The smallest absolute Gasteiger partial charge is 0.276 e. The highest BCUT2D eigenvalue weighted by Gasteiger charge is 2.53. The molecule has 2 fully saturated rings. The lowest BCUT2D eigenvalue weighted by atomic mass is 10.6. The molecule has 0 aromatic rings. The van der Waals surface area contributed by atoms with E-state index in [1.807, 2.05) is 14.1 Å². The molecule has 0 aromatic carbocycles. The minimum atomic E-state index is -0.366. The predicted octanol–water partition coefficient (Wildman–Crippen LogP) is 1.52. The van der Waals surface area contributed by atoms with Gasteiger partial charge in [0.15, 0.2) is 5.44 Å². The minimum absolute atomic E-state index is 0.0728. The highest BCUT2D eigenvalue weighted by Crippen LogP contribution is 2.54. The molecule has 0 aromatic heterocycles. The van der Waals surface area contributed by atoms with Gasteiger partial charge in [0, 0.05) is 11.8 Å². The largest absolute Gasteiger partial charge is 0.360 e. The van der Waals surface area contributed by atoms with Crippen LogP contribution in [0.4, 0.5) is 0 Å². The fourth-order valence-corrected chi connectivity index (χ4v) is 5.08. The predicted molar refractivity (Wildman–Crippen MR) is 59.6 cm³/mol. The highest BCUT2D eigenvalue weighted by molar-refractivity contribution is 9.12. The molecule has 2 aliphatic heterocycles. The molecule has 0 saturated carbocycles.